The molecule has 216 valence electrons. The summed E-state index contributed by atoms with van der Waals surface area (Å²) in [5, 5.41) is 7.61. The van der Waals surface area contributed by atoms with Gasteiger partial charge in [-0.25, -0.2) is 5.43 Å². The van der Waals surface area contributed by atoms with Gasteiger partial charge in [0.05, 0.1) is 33.6 Å². The second kappa shape index (κ2) is 15.5. The van der Waals surface area contributed by atoms with Gasteiger partial charge < -0.3 is 24.3 Å². The predicted molar refractivity (Wildman–Crippen MR) is 160 cm³/mol. The topological polar surface area (TPSA) is 107 Å². The van der Waals surface area contributed by atoms with Gasteiger partial charge in [-0.3, -0.25) is 9.59 Å². The second-order valence-corrected chi connectivity index (χ2v) is 9.35. The lowest BCUT2D eigenvalue weighted by molar-refractivity contribution is -0.120. The molecular weight excluding hydrogens is 569 g/mol. The van der Waals surface area contributed by atoms with Crippen molar-refractivity contribution in [2.45, 2.75) is 20.0 Å². The molecule has 2 amide bonds. The van der Waals surface area contributed by atoms with E-state index in [0.717, 1.165) is 11.1 Å². The van der Waals surface area contributed by atoms with E-state index in [4.69, 9.17) is 42.1 Å². The number of allylic oxidation sites excluding steroid dienone is 1. The maximum absolute atomic E-state index is 12.4. The second-order valence-electron chi connectivity index (χ2n) is 8.50. The zero-order valence-electron chi connectivity index (χ0n) is 23.0. The van der Waals surface area contributed by atoms with E-state index < -0.39 is 11.8 Å². The van der Waals surface area contributed by atoms with Crippen molar-refractivity contribution < 1.29 is 28.5 Å². The monoisotopic (exact) mass is 599 g/mol. The van der Waals surface area contributed by atoms with Crippen LogP contribution < -0.4 is 29.7 Å². The summed E-state index contributed by atoms with van der Waals surface area (Å²) in [6.45, 7) is 6.03. The average molecular weight is 600 g/mol. The van der Waals surface area contributed by atoms with Crippen molar-refractivity contribution in [1.29, 1.82) is 0 Å². The molecule has 0 saturated heterocycles. The van der Waals surface area contributed by atoms with Crippen LogP contribution in [0.4, 0.5) is 0 Å². The molecule has 0 bridgehead atoms. The normalized spacial score (nSPS) is 10.7. The van der Waals surface area contributed by atoms with Crippen LogP contribution in [-0.4, -0.2) is 45.4 Å². The largest absolute Gasteiger partial charge is 0.493 e. The molecule has 3 rings (SSSR count). The number of halogens is 2. The first-order valence-corrected chi connectivity index (χ1v) is 13.3. The standard InChI is InChI=1S/C30H31Cl2N3O6/c1-5-7-20-12-19(13-27(40-6-2)29(20)41-18-22-8-10-23(31)15-24(22)32)16-34-35-28(36)17-33-30(37)21-9-11-25(38-3)26(14-21)39-4/h5,8-16H,1,6-7,17-18H2,2-4H3,(H,33,37)(H,35,36)/b34-16+. The van der Waals surface area contributed by atoms with Gasteiger partial charge in [0.1, 0.15) is 6.61 Å². The number of hydrazone groups is 1. The van der Waals surface area contributed by atoms with Crippen LogP contribution in [-0.2, 0) is 17.8 Å². The SMILES string of the molecule is C=CCc1cc(/C=N/NC(=O)CNC(=O)c2ccc(OC)c(OC)c2)cc(OCC)c1OCc1ccc(Cl)cc1Cl. The van der Waals surface area contributed by atoms with Gasteiger partial charge in [-0.15, -0.1) is 6.58 Å². The van der Waals surface area contributed by atoms with Crippen LogP contribution in [0.25, 0.3) is 0 Å². The summed E-state index contributed by atoms with van der Waals surface area (Å²) in [6.07, 6.45) is 3.72. The Morgan fingerprint density at radius 3 is 2.41 bits per heavy atom. The molecule has 9 nitrogen and oxygen atoms in total. The molecule has 0 aromatic heterocycles. The first kappa shape index (κ1) is 31.3. The molecule has 0 atom stereocenters. The van der Waals surface area contributed by atoms with Gasteiger partial charge >= 0.3 is 0 Å². The molecule has 2 N–H and O–H groups in total. The van der Waals surface area contributed by atoms with E-state index in [-0.39, 0.29) is 13.2 Å². The lowest BCUT2D eigenvalue weighted by atomic mass is 10.1. The minimum absolute atomic E-state index is 0.207. The van der Waals surface area contributed by atoms with Crippen molar-refractivity contribution in [2.75, 3.05) is 27.4 Å². The van der Waals surface area contributed by atoms with Crippen LogP contribution in [0.3, 0.4) is 0 Å². The number of nitrogens with one attached hydrogen (secondary N) is 2. The summed E-state index contributed by atoms with van der Waals surface area (Å²) in [4.78, 5) is 24.7. The highest BCUT2D eigenvalue weighted by molar-refractivity contribution is 6.35. The number of carbonyl (C=O) groups excluding carboxylic acids is 2. The Kier molecular flexibility index (Phi) is 11.9. The van der Waals surface area contributed by atoms with Gasteiger partial charge in [-0.1, -0.05) is 35.3 Å². The first-order valence-electron chi connectivity index (χ1n) is 12.6. The van der Waals surface area contributed by atoms with E-state index in [0.29, 0.717) is 57.2 Å². The maximum atomic E-state index is 12.4. The Labute approximate surface area is 249 Å². The van der Waals surface area contributed by atoms with E-state index in [9.17, 15) is 9.59 Å². The molecule has 0 unspecified atom stereocenters. The summed E-state index contributed by atoms with van der Waals surface area (Å²) in [6, 6.07) is 13.5. The summed E-state index contributed by atoms with van der Waals surface area (Å²) in [7, 11) is 2.97. The Morgan fingerprint density at radius 1 is 0.951 bits per heavy atom. The summed E-state index contributed by atoms with van der Waals surface area (Å²) >= 11 is 12.3. The van der Waals surface area contributed by atoms with Crippen molar-refractivity contribution in [3.63, 3.8) is 0 Å². The molecule has 0 aliphatic heterocycles. The molecular formula is C30H31Cl2N3O6. The smallest absolute Gasteiger partial charge is 0.259 e. The third kappa shape index (κ3) is 8.89. The molecule has 41 heavy (non-hydrogen) atoms. The molecule has 0 spiro atoms. The fourth-order valence-electron chi connectivity index (χ4n) is 3.74. The highest BCUT2D eigenvalue weighted by Crippen LogP contribution is 2.35. The van der Waals surface area contributed by atoms with Crippen LogP contribution in [0.2, 0.25) is 10.0 Å². The molecule has 0 heterocycles. The third-order valence-corrected chi connectivity index (χ3v) is 6.25. The molecule has 0 radical (unpaired) electrons. The maximum Gasteiger partial charge on any atom is 0.259 e. The number of nitrogens with zero attached hydrogens (tertiary/aromatic N) is 1. The molecule has 0 fully saturated rings. The van der Waals surface area contributed by atoms with Gasteiger partial charge in [0.25, 0.3) is 11.8 Å². The van der Waals surface area contributed by atoms with Crippen LogP contribution in [0, 0.1) is 0 Å². The number of methoxy groups -OCH3 is 2. The van der Waals surface area contributed by atoms with Crippen LogP contribution in [0.5, 0.6) is 23.0 Å². The quantitative estimate of drug-likeness (QED) is 0.142. The fraction of sp³-hybridized carbons (Fsp3) is 0.233. The van der Waals surface area contributed by atoms with Crippen LogP contribution >= 0.6 is 23.2 Å². The van der Waals surface area contributed by atoms with Crippen molar-refractivity contribution >= 4 is 41.2 Å². The number of ether oxygens (including phenoxy) is 4. The Balaban J connectivity index is 1.66. The molecule has 0 saturated carbocycles. The van der Waals surface area contributed by atoms with Crippen molar-refractivity contribution in [3.8, 4) is 23.0 Å². The summed E-state index contributed by atoms with van der Waals surface area (Å²) in [5.74, 6) is 0.998. The number of amides is 2. The number of rotatable bonds is 14. The number of hydrogen-bond donors (Lipinski definition) is 2. The van der Waals surface area contributed by atoms with Gasteiger partial charge in [0, 0.05) is 26.7 Å². The molecule has 3 aromatic rings. The Bertz CT molecular complexity index is 1430. The predicted octanol–water partition coefficient (Wildman–Crippen LogP) is 5.60. The zero-order chi connectivity index (χ0) is 29.8. The fourth-order valence-corrected chi connectivity index (χ4v) is 4.20. The minimum Gasteiger partial charge on any atom is -0.493 e. The van der Waals surface area contributed by atoms with E-state index in [1.54, 1.807) is 42.5 Å². The molecule has 0 aliphatic rings. The highest BCUT2D eigenvalue weighted by atomic mass is 35.5. The van der Waals surface area contributed by atoms with Gasteiger partial charge in [-0.05, 0) is 61.4 Å². The first-order chi connectivity index (χ1) is 19.8. The van der Waals surface area contributed by atoms with E-state index >= 15 is 0 Å². The van der Waals surface area contributed by atoms with E-state index in [2.05, 4.69) is 22.4 Å². The number of hydrogen-bond acceptors (Lipinski definition) is 7. The van der Waals surface area contributed by atoms with Crippen molar-refractivity contribution in [1.82, 2.24) is 10.7 Å². The Hall–Kier alpha value is -4.21. The lowest BCUT2D eigenvalue weighted by Gasteiger charge is -2.17. The summed E-state index contributed by atoms with van der Waals surface area (Å²) in [5.41, 5.74) is 4.97. The Morgan fingerprint density at radius 2 is 1.73 bits per heavy atom. The molecule has 0 aliphatic carbocycles. The van der Waals surface area contributed by atoms with Crippen LogP contribution in [0.1, 0.15) is 34.0 Å². The van der Waals surface area contributed by atoms with Crippen molar-refractivity contribution in [2.24, 2.45) is 5.10 Å². The minimum atomic E-state index is -0.508. The van der Waals surface area contributed by atoms with Crippen molar-refractivity contribution in [3.05, 3.63) is 93.5 Å². The summed E-state index contributed by atoms with van der Waals surface area (Å²) < 4.78 is 22.3. The average Bonchev–Trinajstić information content (AvgIpc) is 2.96. The zero-order valence-corrected chi connectivity index (χ0v) is 24.5. The lowest BCUT2D eigenvalue weighted by Crippen LogP contribution is -2.34. The third-order valence-electron chi connectivity index (χ3n) is 5.66. The number of carbonyl (C=O) groups is 2. The molecule has 3 aromatic carbocycles. The van der Waals surface area contributed by atoms with Gasteiger partial charge in [0.2, 0.25) is 0 Å². The van der Waals surface area contributed by atoms with E-state index in [1.807, 2.05) is 13.0 Å². The highest BCUT2D eigenvalue weighted by Gasteiger charge is 2.15. The molecule has 11 heteroatoms. The number of benzene rings is 3. The van der Waals surface area contributed by atoms with Gasteiger partial charge in [-0.2, -0.15) is 5.10 Å². The van der Waals surface area contributed by atoms with E-state index in [1.165, 1.54) is 26.5 Å². The van der Waals surface area contributed by atoms with Crippen LogP contribution in [0.15, 0.2) is 66.3 Å². The van der Waals surface area contributed by atoms with Gasteiger partial charge in [0.15, 0.2) is 23.0 Å².